The number of nitrogens with two attached hydrogens (primary N) is 1. The van der Waals surface area contributed by atoms with E-state index in [1.165, 1.54) is 10.9 Å². The third kappa shape index (κ3) is 2.73. The third-order valence-corrected chi connectivity index (χ3v) is 2.46. The molecule has 0 saturated heterocycles. The Kier molecular flexibility index (Phi) is 3.54. The Labute approximate surface area is 94.8 Å². The maximum absolute atomic E-state index is 11.7. The Balaban J connectivity index is 2.64. The van der Waals surface area contributed by atoms with Crippen molar-refractivity contribution in [3.8, 4) is 0 Å². The minimum Gasteiger partial charge on any atom is -0.383 e. The number of anilines is 1. The zero-order valence-electron chi connectivity index (χ0n) is 10.1. The molecule has 0 fully saturated rings. The van der Waals surface area contributed by atoms with E-state index in [4.69, 9.17) is 10.5 Å². The molecular weight excluding hydrogens is 208 g/mol. The summed E-state index contributed by atoms with van der Waals surface area (Å²) in [6, 6.07) is 0. The number of methoxy groups -OCH3 is 1. The average Bonchev–Trinajstić information content (AvgIpc) is 2.57. The van der Waals surface area contributed by atoms with Gasteiger partial charge in [-0.1, -0.05) is 0 Å². The number of nitrogens with one attached hydrogen (secondary N) is 1. The van der Waals surface area contributed by atoms with E-state index >= 15 is 0 Å². The summed E-state index contributed by atoms with van der Waals surface area (Å²) in [5.41, 5.74) is 5.67. The lowest BCUT2D eigenvalue weighted by atomic mass is 10.1. The topological polar surface area (TPSA) is 82.2 Å². The van der Waals surface area contributed by atoms with Crippen LogP contribution in [0.2, 0.25) is 0 Å². The molecule has 0 bridgehead atoms. The van der Waals surface area contributed by atoms with Gasteiger partial charge in [0.2, 0.25) is 0 Å². The van der Waals surface area contributed by atoms with Crippen LogP contribution in [0.4, 0.5) is 5.82 Å². The highest BCUT2D eigenvalue weighted by Crippen LogP contribution is 2.10. The summed E-state index contributed by atoms with van der Waals surface area (Å²) < 4.78 is 6.65. The Morgan fingerprint density at radius 1 is 1.69 bits per heavy atom. The third-order valence-electron chi connectivity index (χ3n) is 2.46. The van der Waals surface area contributed by atoms with Gasteiger partial charge in [0.15, 0.2) is 0 Å². The molecule has 0 aliphatic heterocycles. The second kappa shape index (κ2) is 4.52. The van der Waals surface area contributed by atoms with E-state index in [9.17, 15) is 4.79 Å². The van der Waals surface area contributed by atoms with Crippen LogP contribution in [0.1, 0.15) is 24.2 Å². The van der Waals surface area contributed by atoms with Crippen LogP contribution in [-0.4, -0.2) is 34.9 Å². The number of ether oxygens (including phenoxy) is 1. The van der Waals surface area contributed by atoms with E-state index in [1.54, 1.807) is 14.2 Å². The maximum Gasteiger partial charge on any atom is 0.256 e. The van der Waals surface area contributed by atoms with Crippen LogP contribution in [0.3, 0.4) is 0 Å². The Hall–Kier alpha value is -1.56. The van der Waals surface area contributed by atoms with Gasteiger partial charge in [0.25, 0.3) is 5.91 Å². The lowest BCUT2D eigenvalue weighted by Gasteiger charge is -2.22. The first-order chi connectivity index (χ1) is 7.37. The normalized spacial score (nSPS) is 11.5. The van der Waals surface area contributed by atoms with Crippen LogP contribution in [0.5, 0.6) is 0 Å². The van der Waals surface area contributed by atoms with Gasteiger partial charge in [0, 0.05) is 20.7 Å². The highest BCUT2D eigenvalue weighted by atomic mass is 16.5. The fraction of sp³-hybridized carbons (Fsp3) is 0.600. The summed E-state index contributed by atoms with van der Waals surface area (Å²) in [7, 11) is 3.29. The first-order valence-corrected chi connectivity index (χ1v) is 4.98. The second-order valence-electron chi connectivity index (χ2n) is 4.21. The minimum atomic E-state index is -0.396. The summed E-state index contributed by atoms with van der Waals surface area (Å²) in [6.07, 6.45) is 1.45. The zero-order chi connectivity index (χ0) is 12.3. The van der Waals surface area contributed by atoms with Crippen LogP contribution < -0.4 is 11.1 Å². The molecule has 6 heteroatoms. The molecule has 6 nitrogen and oxygen atoms in total. The Bertz CT molecular complexity index is 384. The lowest BCUT2D eigenvalue weighted by Crippen LogP contribution is -2.39. The monoisotopic (exact) mass is 226 g/mol. The van der Waals surface area contributed by atoms with Gasteiger partial charge >= 0.3 is 0 Å². The molecule has 0 unspecified atom stereocenters. The minimum absolute atomic E-state index is 0.240. The summed E-state index contributed by atoms with van der Waals surface area (Å²) >= 11 is 0. The highest BCUT2D eigenvalue weighted by molar-refractivity contribution is 5.98. The number of carbonyl (C=O) groups excluding carboxylic acids is 1. The smallest absolute Gasteiger partial charge is 0.256 e. The number of nitrogen functional groups attached to an aromatic ring is 1. The van der Waals surface area contributed by atoms with Gasteiger partial charge in [-0.15, -0.1) is 0 Å². The summed E-state index contributed by atoms with van der Waals surface area (Å²) in [5.74, 6) is 0.114. The molecule has 90 valence electrons. The van der Waals surface area contributed by atoms with Gasteiger partial charge in [-0.05, 0) is 13.8 Å². The highest BCUT2D eigenvalue weighted by Gasteiger charge is 2.19. The summed E-state index contributed by atoms with van der Waals surface area (Å²) in [6.45, 7) is 4.19. The molecule has 0 saturated carbocycles. The van der Waals surface area contributed by atoms with Crippen molar-refractivity contribution >= 4 is 11.7 Å². The fourth-order valence-electron chi connectivity index (χ4n) is 1.08. The fourth-order valence-corrected chi connectivity index (χ4v) is 1.08. The van der Waals surface area contributed by atoms with Gasteiger partial charge in [-0.2, -0.15) is 5.10 Å². The van der Waals surface area contributed by atoms with E-state index in [-0.39, 0.29) is 5.91 Å². The molecule has 16 heavy (non-hydrogen) atoms. The number of hydrogen-bond acceptors (Lipinski definition) is 4. The van der Waals surface area contributed by atoms with Crippen LogP contribution in [0, 0.1) is 0 Å². The number of nitrogens with zero attached hydrogens (tertiary/aromatic N) is 2. The number of rotatable bonds is 4. The summed E-state index contributed by atoms with van der Waals surface area (Å²) in [4.78, 5) is 11.7. The molecule has 0 atom stereocenters. The number of aryl methyl sites for hydroxylation is 1. The van der Waals surface area contributed by atoms with Gasteiger partial charge in [0.1, 0.15) is 11.4 Å². The van der Waals surface area contributed by atoms with Gasteiger partial charge in [-0.3, -0.25) is 9.48 Å². The quantitative estimate of drug-likeness (QED) is 0.766. The average molecular weight is 226 g/mol. The van der Waals surface area contributed by atoms with E-state index in [0.717, 1.165) is 0 Å². The molecule has 0 spiro atoms. The SMILES string of the molecule is COC(C)(C)CNC(=O)c1cnn(C)c1N. The molecule has 0 radical (unpaired) electrons. The molecule has 0 aliphatic carbocycles. The lowest BCUT2D eigenvalue weighted by molar-refractivity contribution is 0.0229. The number of amides is 1. The van der Waals surface area contributed by atoms with Crippen molar-refractivity contribution in [2.24, 2.45) is 7.05 Å². The molecule has 3 N–H and O–H groups in total. The van der Waals surface area contributed by atoms with Crippen molar-refractivity contribution < 1.29 is 9.53 Å². The van der Waals surface area contributed by atoms with Crippen molar-refractivity contribution in [1.29, 1.82) is 0 Å². The van der Waals surface area contributed by atoms with Crippen molar-refractivity contribution in [3.05, 3.63) is 11.8 Å². The van der Waals surface area contributed by atoms with E-state index in [0.29, 0.717) is 17.9 Å². The Morgan fingerprint density at radius 2 is 2.31 bits per heavy atom. The van der Waals surface area contributed by atoms with Gasteiger partial charge < -0.3 is 15.8 Å². The number of aromatic nitrogens is 2. The molecule has 1 aromatic heterocycles. The largest absolute Gasteiger partial charge is 0.383 e. The van der Waals surface area contributed by atoms with Crippen LogP contribution in [-0.2, 0) is 11.8 Å². The van der Waals surface area contributed by atoms with E-state index in [1.807, 2.05) is 13.8 Å². The van der Waals surface area contributed by atoms with Crippen molar-refractivity contribution in [3.63, 3.8) is 0 Å². The van der Waals surface area contributed by atoms with E-state index < -0.39 is 5.60 Å². The zero-order valence-corrected chi connectivity index (χ0v) is 10.1. The van der Waals surface area contributed by atoms with E-state index in [2.05, 4.69) is 10.4 Å². The summed E-state index contributed by atoms with van der Waals surface area (Å²) in [5, 5.41) is 6.65. The van der Waals surface area contributed by atoms with Crippen LogP contribution in [0.25, 0.3) is 0 Å². The van der Waals surface area contributed by atoms with Gasteiger partial charge in [-0.25, -0.2) is 0 Å². The van der Waals surface area contributed by atoms with Crippen molar-refractivity contribution in [2.75, 3.05) is 19.4 Å². The molecular formula is C10H18N4O2. The van der Waals surface area contributed by atoms with Crippen LogP contribution >= 0.6 is 0 Å². The molecule has 1 aromatic rings. The molecule has 1 heterocycles. The second-order valence-corrected chi connectivity index (χ2v) is 4.21. The number of hydrogen-bond donors (Lipinski definition) is 2. The standard InChI is InChI=1S/C10H18N4O2/c1-10(2,16-4)6-12-9(15)7-5-13-14(3)8(7)11/h5H,6,11H2,1-4H3,(H,12,15). The maximum atomic E-state index is 11.7. The first-order valence-electron chi connectivity index (χ1n) is 4.98. The molecule has 1 amide bonds. The van der Waals surface area contributed by atoms with Crippen LogP contribution in [0.15, 0.2) is 6.20 Å². The number of carbonyl (C=O) groups is 1. The predicted molar refractivity (Wildman–Crippen MR) is 61.0 cm³/mol. The first kappa shape index (κ1) is 12.5. The molecule has 1 rings (SSSR count). The van der Waals surface area contributed by atoms with Crippen molar-refractivity contribution in [1.82, 2.24) is 15.1 Å². The molecule has 0 aliphatic rings. The molecule has 0 aromatic carbocycles. The van der Waals surface area contributed by atoms with Gasteiger partial charge in [0.05, 0.1) is 11.8 Å². The predicted octanol–water partition coefficient (Wildman–Crippen LogP) is 0.157. The Morgan fingerprint density at radius 3 is 2.75 bits per heavy atom. The van der Waals surface area contributed by atoms with Crippen molar-refractivity contribution in [2.45, 2.75) is 19.4 Å².